The van der Waals surface area contributed by atoms with E-state index in [2.05, 4.69) is 12.2 Å². The fraction of sp³-hybridized carbons (Fsp3) is 0.625. The maximum atomic E-state index is 6.06. The molecule has 0 radical (unpaired) electrons. The number of nitrogens with one attached hydrogen (secondary N) is 1. The number of benzene rings is 1. The van der Waals surface area contributed by atoms with Gasteiger partial charge in [-0.3, -0.25) is 0 Å². The first kappa shape index (κ1) is 14.0. The van der Waals surface area contributed by atoms with Crippen LogP contribution in [0.4, 0.5) is 11.4 Å². The zero-order valence-electron chi connectivity index (χ0n) is 12.1. The monoisotopic (exact) mass is 262 g/mol. The van der Waals surface area contributed by atoms with Crippen LogP contribution in [0.1, 0.15) is 45.4 Å². The van der Waals surface area contributed by atoms with E-state index in [0.29, 0.717) is 6.04 Å². The third-order valence-electron chi connectivity index (χ3n) is 4.26. The predicted molar refractivity (Wildman–Crippen MR) is 81.7 cm³/mol. The quantitative estimate of drug-likeness (QED) is 0.787. The zero-order valence-corrected chi connectivity index (χ0v) is 12.1. The summed E-state index contributed by atoms with van der Waals surface area (Å²) in [5.41, 5.74) is 7.87. The van der Waals surface area contributed by atoms with Crippen molar-refractivity contribution in [1.29, 1.82) is 0 Å². The molecule has 0 spiro atoms. The number of anilines is 2. The summed E-state index contributed by atoms with van der Waals surface area (Å²) in [7, 11) is 1.69. The standard InChI is InChI=1S/C16H26N2O/c1-3-15(12-7-5-4-6-8-12)18-16-11-13(19-2)9-10-14(16)17/h9-12,15,18H,3-8,17H2,1-2H3. The summed E-state index contributed by atoms with van der Waals surface area (Å²) >= 11 is 0. The first-order valence-electron chi connectivity index (χ1n) is 7.44. The average Bonchev–Trinajstić information content (AvgIpc) is 2.47. The molecular formula is C16H26N2O. The van der Waals surface area contributed by atoms with Crippen LogP contribution in [0.15, 0.2) is 18.2 Å². The minimum Gasteiger partial charge on any atom is -0.497 e. The SMILES string of the molecule is CCC(Nc1cc(OC)ccc1N)C1CCCCC1. The first-order valence-corrected chi connectivity index (χ1v) is 7.44. The molecule has 1 aliphatic carbocycles. The maximum Gasteiger partial charge on any atom is 0.121 e. The number of nitrogens with two attached hydrogens (primary N) is 1. The highest BCUT2D eigenvalue weighted by molar-refractivity contribution is 5.68. The van der Waals surface area contributed by atoms with Crippen molar-refractivity contribution in [2.45, 2.75) is 51.5 Å². The van der Waals surface area contributed by atoms with Crippen LogP contribution in [-0.4, -0.2) is 13.2 Å². The fourth-order valence-corrected chi connectivity index (χ4v) is 3.08. The summed E-state index contributed by atoms with van der Waals surface area (Å²) in [5, 5.41) is 3.64. The van der Waals surface area contributed by atoms with Crippen LogP contribution in [0, 0.1) is 5.92 Å². The number of rotatable bonds is 5. The lowest BCUT2D eigenvalue weighted by Gasteiger charge is -2.31. The normalized spacial score (nSPS) is 18.0. The highest BCUT2D eigenvalue weighted by atomic mass is 16.5. The number of methoxy groups -OCH3 is 1. The highest BCUT2D eigenvalue weighted by Gasteiger charge is 2.22. The Morgan fingerprint density at radius 3 is 2.68 bits per heavy atom. The Kier molecular flexibility index (Phi) is 4.94. The van der Waals surface area contributed by atoms with E-state index in [0.717, 1.165) is 29.5 Å². The lowest BCUT2D eigenvalue weighted by Crippen LogP contribution is -2.30. The van der Waals surface area contributed by atoms with Crippen molar-refractivity contribution in [2.75, 3.05) is 18.2 Å². The number of ether oxygens (including phenoxy) is 1. The lowest BCUT2D eigenvalue weighted by molar-refractivity contribution is 0.313. The Hall–Kier alpha value is -1.38. The van der Waals surface area contributed by atoms with Crippen LogP contribution in [0.25, 0.3) is 0 Å². The molecule has 106 valence electrons. The molecule has 1 fully saturated rings. The summed E-state index contributed by atoms with van der Waals surface area (Å²) in [6.07, 6.45) is 7.97. The van der Waals surface area contributed by atoms with Gasteiger partial charge in [0.05, 0.1) is 18.5 Å². The van der Waals surface area contributed by atoms with Gasteiger partial charge in [-0.1, -0.05) is 26.2 Å². The number of hydrogen-bond acceptors (Lipinski definition) is 3. The van der Waals surface area contributed by atoms with Crippen LogP contribution >= 0.6 is 0 Å². The first-order chi connectivity index (χ1) is 9.24. The van der Waals surface area contributed by atoms with Gasteiger partial charge in [-0.15, -0.1) is 0 Å². The molecule has 3 N–H and O–H groups in total. The molecule has 1 atom stereocenters. The molecule has 1 saturated carbocycles. The minimum atomic E-state index is 0.523. The largest absolute Gasteiger partial charge is 0.497 e. The Bertz CT molecular complexity index is 400. The number of nitrogen functional groups attached to an aromatic ring is 1. The van der Waals surface area contributed by atoms with Gasteiger partial charge in [0.2, 0.25) is 0 Å². The van der Waals surface area contributed by atoms with E-state index >= 15 is 0 Å². The molecule has 0 aromatic heterocycles. The molecule has 1 aliphatic rings. The van der Waals surface area contributed by atoms with Crippen LogP contribution < -0.4 is 15.8 Å². The lowest BCUT2D eigenvalue weighted by atomic mass is 9.83. The fourth-order valence-electron chi connectivity index (χ4n) is 3.08. The van der Waals surface area contributed by atoms with Crippen molar-refractivity contribution in [3.63, 3.8) is 0 Å². The highest BCUT2D eigenvalue weighted by Crippen LogP contribution is 2.32. The van der Waals surface area contributed by atoms with Crippen molar-refractivity contribution in [2.24, 2.45) is 5.92 Å². The van der Waals surface area contributed by atoms with Gasteiger partial charge in [-0.05, 0) is 37.3 Å². The minimum absolute atomic E-state index is 0.523. The second-order valence-electron chi connectivity index (χ2n) is 5.51. The van der Waals surface area contributed by atoms with Gasteiger partial charge in [-0.25, -0.2) is 0 Å². The Morgan fingerprint density at radius 2 is 2.05 bits per heavy atom. The molecular weight excluding hydrogens is 236 g/mol. The van der Waals surface area contributed by atoms with Crippen molar-refractivity contribution in [1.82, 2.24) is 0 Å². The van der Waals surface area contributed by atoms with E-state index in [4.69, 9.17) is 10.5 Å². The molecule has 1 aromatic rings. The summed E-state index contributed by atoms with van der Waals surface area (Å²) in [6, 6.07) is 6.34. The van der Waals surface area contributed by atoms with Crippen LogP contribution in [0.5, 0.6) is 5.75 Å². The van der Waals surface area contributed by atoms with E-state index < -0.39 is 0 Å². The topological polar surface area (TPSA) is 47.3 Å². The number of hydrogen-bond donors (Lipinski definition) is 2. The van der Waals surface area contributed by atoms with E-state index in [1.807, 2.05) is 18.2 Å². The van der Waals surface area contributed by atoms with Gasteiger partial charge in [0.1, 0.15) is 5.75 Å². The van der Waals surface area contributed by atoms with E-state index in [9.17, 15) is 0 Å². The molecule has 3 heteroatoms. The summed E-state index contributed by atoms with van der Waals surface area (Å²) in [4.78, 5) is 0. The molecule has 1 aromatic carbocycles. The smallest absolute Gasteiger partial charge is 0.121 e. The molecule has 0 bridgehead atoms. The van der Waals surface area contributed by atoms with E-state index in [-0.39, 0.29) is 0 Å². The Morgan fingerprint density at radius 1 is 1.32 bits per heavy atom. The Labute approximate surface area is 116 Å². The van der Waals surface area contributed by atoms with Gasteiger partial charge < -0.3 is 15.8 Å². The van der Waals surface area contributed by atoms with Gasteiger partial charge in [-0.2, -0.15) is 0 Å². The molecule has 19 heavy (non-hydrogen) atoms. The third kappa shape index (κ3) is 3.55. The van der Waals surface area contributed by atoms with Gasteiger partial charge in [0.15, 0.2) is 0 Å². The second-order valence-corrected chi connectivity index (χ2v) is 5.51. The molecule has 0 saturated heterocycles. The summed E-state index contributed by atoms with van der Waals surface area (Å²) < 4.78 is 5.27. The van der Waals surface area contributed by atoms with E-state index in [1.54, 1.807) is 7.11 Å². The van der Waals surface area contributed by atoms with Crippen LogP contribution in [-0.2, 0) is 0 Å². The second kappa shape index (κ2) is 6.69. The molecule has 3 nitrogen and oxygen atoms in total. The van der Waals surface area contributed by atoms with Gasteiger partial charge in [0.25, 0.3) is 0 Å². The average molecular weight is 262 g/mol. The van der Waals surface area contributed by atoms with Crippen molar-refractivity contribution >= 4 is 11.4 Å². The van der Waals surface area contributed by atoms with Crippen LogP contribution in [0.3, 0.4) is 0 Å². The molecule has 0 heterocycles. The predicted octanol–water partition coefficient (Wildman–Crippen LogP) is 4.05. The Balaban J connectivity index is 2.08. The van der Waals surface area contributed by atoms with Gasteiger partial charge >= 0.3 is 0 Å². The van der Waals surface area contributed by atoms with E-state index in [1.165, 1.54) is 32.1 Å². The summed E-state index contributed by atoms with van der Waals surface area (Å²) in [6.45, 7) is 2.25. The van der Waals surface area contributed by atoms with Crippen molar-refractivity contribution in [3.05, 3.63) is 18.2 Å². The van der Waals surface area contributed by atoms with Crippen LogP contribution in [0.2, 0.25) is 0 Å². The maximum absolute atomic E-state index is 6.06. The van der Waals surface area contributed by atoms with Crippen molar-refractivity contribution in [3.8, 4) is 5.75 Å². The molecule has 0 aliphatic heterocycles. The van der Waals surface area contributed by atoms with Gasteiger partial charge in [0, 0.05) is 12.1 Å². The molecule has 1 unspecified atom stereocenters. The third-order valence-corrected chi connectivity index (χ3v) is 4.26. The zero-order chi connectivity index (χ0) is 13.7. The van der Waals surface area contributed by atoms with Crippen molar-refractivity contribution < 1.29 is 4.74 Å². The summed E-state index contributed by atoms with van der Waals surface area (Å²) in [5.74, 6) is 1.64. The molecule has 0 amide bonds. The molecule has 2 rings (SSSR count).